The van der Waals surface area contributed by atoms with Crippen molar-refractivity contribution in [3.05, 3.63) is 29.3 Å². The van der Waals surface area contributed by atoms with E-state index in [0.717, 1.165) is 0 Å². The molecule has 2 rings (SSSR count). The number of hydrogen-bond donors (Lipinski definition) is 2. The van der Waals surface area contributed by atoms with Crippen LogP contribution < -0.4 is 5.32 Å². The Bertz CT molecular complexity index is 723. The van der Waals surface area contributed by atoms with Crippen LogP contribution in [-0.2, 0) is 19.4 Å². The summed E-state index contributed by atoms with van der Waals surface area (Å²) in [5.74, 6) is -2.45. The van der Waals surface area contributed by atoms with Crippen LogP contribution in [0.2, 0.25) is 5.02 Å². The van der Waals surface area contributed by atoms with Crippen molar-refractivity contribution in [2.75, 3.05) is 6.54 Å². The molecule has 1 unspecified atom stereocenters. The van der Waals surface area contributed by atoms with Crippen LogP contribution in [0, 0.1) is 5.92 Å². The van der Waals surface area contributed by atoms with E-state index in [1.54, 1.807) is 0 Å². The van der Waals surface area contributed by atoms with Crippen molar-refractivity contribution >= 4 is 33.3 Å². The van der Waals surface area contributed by atoms with E-state index in [4.69, 9.17) is 16.7 Å². The molecule has 2 N–H and O–H groups in total. The molecule has 1 aromatic carbocycles. The van der Waals surface area contributed by atoms with E-state index >= 15 is 0 Å². The van der Waals surface area contributed by atoms with Crippen molar-refractivity contribution in [1.29, 1.82) is 0 Å². The Morgan fingerprint density at radius 1 is 1.25 bits per heavy atom. The molecule has 132 valence electrons. The first-order valence-electron chi connectivity index (χ1n) is 7.72. The zero-order valence-electron chi connectivity index (χ0n) is 13.3. The van der Waals surface area contributed by atoms with Crippen molar-refractivity contribution in [1.82, 2.24) is 5.32 Å². The molecular weight excluding hydrogens is 354 g/mol. The number of carboxylic acids is 1. The van der Waals surface area contributed by atoms with Gasteiger partial charge in [0, 0.05) is 11.6 Å². The molecule has 6 nitrogen and oxygen atoms in total. The lowest BCUT2D eigenvalue weighted by atomic mass is 10.1. The number of aliphatic carboxylic acids is 1. The van der Waals surface area contributed by atoms with Gasteiger partial charge in [-0.15, -0.1) is 0 Å². The third-order valence-electron chi connectivity index (χ3n) is 4.45. The van der Waals surface area contributed by atoms with Crippen LogP contribution in [0.4, 0.5) is 0 Å². The molecule has 0 bridgehead atoms. The predicted octanol–water partition coefficient (Wildman–Crippen LogP) is 2.26. The number of rotatable bonds is 6. The van der Waals surface area contributed by atoms with Crippen molar-refractivity contribution in [2.24, 2.45) is 5.92 Å². The molecule has 0 radical (unpaired) electrons. The van der Waals surface area contributed by atoms with E-state index in [0.29, 0.717) is 17.9 Å². The van der Waals surface area contributed by atoms with Gasteiger partial charge in [0.2, 0.25) is 5.91 Å². The maximum atomic E-state index is 13.1. The van der Waals surface area contributed by atoms with Crippen LogP contribution in [0.5, 0.6) is 0 Å². The van der Waals surface area contributed by atoms with E-state index in [2.05, 4.69) is 5.32 Å². The summed E-state index contributed by atoms with van der Waals surface area (Å²) >= 11 is 5.80. The van der Waals surface area contributed by atoms with Gasteiger partial charge in [0.1, 0.15) is 0 Å². The average molecular weight is 374 g/mol. The highest BCUT2D eigenvalue weighted by molar-refractivity contribution is 7.93. The zero-order valence-corrected chi connectivity index (χ0v) is 14.9. The molecule has 0 saturated heterocycles. The molecule has 1 aliphatic carbocycles. The maximum Gasteiger partial charge on any atom is 0.308 e. The summed E-state index contributed by atoms with van der Waals surface area (Å²) < 4.78 is 24.6. The van der Waals surface area contributed by atoms with Crippen LogP contribution in [0.15, 0.2) is 29.2 Å². The summed E-state index contributed by atoms with van der Waals surface area (Å²) in [4.78, 5) is 23.6. The Morgan fingerprint density at radius 3 is 2.29 bits per heavy atom. The van der Waals surface area contributed by atoms with Gasteiger partial charge in [-0.1, -0.05) is 31.4 Å². The van der Waals surface area contributed by atoms with Crippen molar-refractivity contribution < 1.29 is 23.1 Å². The molecular formula is C16H20ClNO5S. The highest BCUT2D eigenvalue weighted by Gasteiger charge is 2.52. The smallest absolute Gasteiger partial charge is 0.308 e. The molecule has 0 aromatic heterocycles. The predicted molar refractivity (Wildman–Crippen MR) is 89.6 cm³/mol. The normalized spacial score (nSPS) is 18.1. The summed E-state index contributed by atoms with van der Waals surface area (Å²) in [6, 6.07) is 5.73. The summed E-state index contributed by atoms with van der Waals surface area (Å²) in [6.45, 7) is 1.35. The van der Waals surface area contributed by atoms with E-state index in [1.807, 2.05) is 0 Å². The van der Waals surface area contributed by atoms with Gasteiger partial charge in [-0.05, 0) is 37.1 Å². The Hall–Kier alpha value is -1.60. The second-order valence-corrected chi connectivity index (χ2v) is 8.80. The SMILES string of the molecule is CC(CNC(=O)C1(S(=O)(=O)c2ccc(Cl)cc2)CCCC1)C(=O)O. The summed E-state index contributed by atoms with van der Waals surface area (Å²) in [5, 5.41) is 11.8. The fourth-order valence-electron chi connectivity index (χ4n) is 2.90. The first kappa shape index (κ1) is 18.7. The van der Waals surface area contributed by atoms with Gasteiger partial charge in [-0.25, -0.2) is 8.42 Å². The van der Waals surface area contributed by atoms with Crippen LogP contribution in [0.1, 0.15) is 32.6 Å². The lowest BCUT2D eigenvalue weighted by Crippen LogP contribution is -2.51. The minimum Gasteiger partial charge on any atom is -0.481 e. The lowest BCUT2D eigenvalue weighted by molar-refractivity contribution is -0.141. The molecule has 0 heterocycles. The summed E-state index contributed by atoms with van der Waals surface area (Å²) in [5.41, 5.74) is 0. The standard InChI is InChI=1S/C16H20ClNO5S/c1-11(14(19)20)10-18-15(21)16(8-2-3-9-16)24(22,23)13-6-4-12(17)5-7-13/h4-7,11H,2-3,8-10H2,1H3,(H,18,21)(H,19,20). The largest absolute Gasteiger partial charge is 0.481 e. The van der Waals surface area contributed by atoms with E-state index in [1.165, 1.54) is 31.2 Å². The first-order valence-corrected chi connectivity index (χ1v) is 9.58. The van der Waals surface area contributed by atoms with Crippen molar-refractivity contribution in [3.63, 3.8) is 0 Å². The Morgan fingerprint density at radius 2 is 1.79 bits per heavy atom. The molecule has 1 saturated carbocycles. The molecule has 1 amide bonds. The number of carbonyl (C=O) groups is 2. The molecule has 1 aliphatic rings. The molecule has 1 atom stereocenters. The van der Waals surface area contributed by atoms with Gasteiger partial charge in [0.15, 0.2) is 14.6 Å². The molecule has 1 fully saturated rings. The number of halogens is 1. The number of carbonyl (C=O) groups excluding carboxylic acids is 1. The number of hydrogen-bond acceptors (Lipinski definition) is 4. The minimum absolute atomic E-state index is 0.0511. The summed E-state index contributed by atoms with van der Waals surface area (Å²) in [7, 11) is -3.90. The monoisotopic (exact) mass is 373 g/mol. The number of carboxylic acid groups (broad SMARTS) is 1. The molecule has 0 aliphatic heterocycles. The number of benzene rings is 1. The minimum atomic E-state index is -3.90. The average Bonchev–Trinajstić information content (AvgIpc) is 3.04. The fourth-order valence-corrected chi connectivity index (χ4v) is 5.11. The number of sulfone groups is 1. The van der Waals surface area contributed by atoms with E-state index in [9.17, 15) is 18.0 Å². The van der Waals surface area contributed by atoms with Crippen LogP contribution >= 0.6 is 11.6 Å². The first-order chi connectivity index (χ1) is 11.2. The van der Waals surface area contributed by atoms with E-state index in [-0.39, 0.29) is 24.3 Å². The van der Waals surface area contributed by atoms with Gasteiger partial charge in [-0.2, -0.15) is 0 Å². The van der Waals surface area contributed by atoms with Crippen molar-refractivity contribution in [3.8, 4) is 0 Å². The van der Waals surface area contributed by atoms with Crippen molar-refractivity contribution in [2.45, 2.75) is 42.2 Å². The third-order valence-corrected chi connectivity index (χ3v) is 7.22. The molecule has 24 heavy (non-hydrogen) atoms. The molecule has 1 aromatic rings. The fraction of sp³-hybridized carbons (Fsp3) is 0.500. The Labute approximate surface area is 146 Å². The number of nitrogens with one attached hydrogen (secondary N) is 1. The molecule has 8 heteroatoms. The zero-order chi connectivity index (χ0) is 18.0. The second-order valence-electron chi connectivity index (χ2n) is 6.11. The lowest BCUT2D eigenvalue weighted by Gasteiger charge is -2.28. The quantitative estimate of drug-likeness (QED) is 0.796. The highest BCUT2D eigenvalue weighted by Crippen LogP contribution is 2.41. The third kappa shape index (κ3) is 3.42. The van der Waals surface area contributed by atoms with E-state index < -0.39 is 32.4 Å². The Kier molecular flexibility index (Phi) is 5.55. The summed E-state index contributed by atoms with van der Waals surface area (Å²) in [6.07, 6.45) is 1.72. The van der Waals surface area contributed by atoms with Crippen LogP contribution in [0.25, 0.3) is 0 Å². The molecule has 0 spiro atoms. The Balaban J connectivity index is 2.31. The van der Waals surface area contributed by atoms with Gasteiger partial charge >= 0.3 is 5.97 Å². The topological polar surface area (TPSA) is 101 Å². The van der Waals surface area contributed by atoms with Gasteiger partial charge in [0.05, 0.1) is 10.8 Å². The second kappa shape index (κ2) is 7.11. The highest BCUT2D eigenvalue weighted by atomic mass is 35.5. The van der Waals surface area contributed by atoms with Gasteiger partial charge in [0.25, 0.3) is 0 Å². The maximum absolute atomic E-state index is 13.1. The van der Waals surface area contributed by atoms with Crippen LogP contribution in [-0.4, -0.2) is 36.7 Å². The van der Waals surface area contributed by atoms with Crippen LogP contribution in [0.3, 0.4) is 0 Å². The number of amides is 1. The van der Waals surface area contributed by atoms with Gasteiger partial charge < -0.3 is 10.4 Å². The van der Waals surface area contributed by atoms with Gasteiger partial charge in [-0.3, -0.25) is 9.59 Å².